The average Bonchev–Trinajstić information content (AvgIpc) is 2.85. The van der Waals surface area contributed by atoms with Crippen molar-refractivity contribution in [2.24, 2.45) is 0 Å². The van der Waals surface area contributed by atoms with Crippen LogP contribution in [0.1, 0.15) is 41.2 Å². The van der Waals surface area contributed by atoms with Crippen molar-refractivity contribution in [3.8, 4) is 0 Å². The second kappa shape index (κ2) is 8.22. The first-order valence-corrected chi connectivity index (χ1v) is 8.12. The summed E-state index contributed by atoms with van der Waals surface area (Å²) >= 11 is 2.85. The summed E-state index contributed by atoms with van der Waals surface area (Å²) in [5.41, 5.74) is 0. The second-order valence-corrected chi connectivity index (χ2v) is 6.77. The molecule has 0 aliphatic carbocycles. The molecule has 0 saturated heterocycles. The molecular formula is C13H19NO3S2. The number of rotatable bonds is 8. The van der Waals surface area contributed by atoms with Crippen LogP contribution in [0.3, 0.4) is 0 Å². The van der Waals surface area contributed by atoms with Crippen molar-refractivity contribution < 1.29 is 14.7 Å². The summed E-state index contributed by atoms with van der Waals surface area (Å²) in [5, 5.41) is 11.6. The zero-order valence-electron chi connectivity index (χ0n) is 11.1. The number of carbonyl (C=O) groups is 2. The smallest absolute Gasteiger partial charge is 0.345 e. The van der Waals surface area contributed by atoms with Crippen molar-refractivity contribution in [2.75, 3.05) is 5.75 Å². The molecule has 0 spiro atoms. The summed E-state index contributed by atoms with van der Waals surface area (Å²) in [6.07, 6.45) is 2.25. The van der Waals surface area contributed by atoms with Crippen molar-refractivity contribution in [2.45, 2.75) is 38.5 Å². The van der Waals surface area contributed by atoms with Gasteiger partial charge < -0.3 is 10.4 Å². The standard InChI is InChI=1S/C13H19NO3S2/c1-3-4-7-18-9(2)12(15)14-8-10-5-6-11(19-10)13(16)17/h5-6,9H,3-4,7-8H2,1-2H3,(H,14,15)(H,16,17). The van der Waals surface area contributed by atoms with E-state index in [-0.39, 0.29) is 11.2 Å². The van der Waals surface area contributed by atoms with E-state index >= 15 is 0 Å². The minimum Gasteiger partial charge on any atom is -0.477 e. The van der Waals surface area contributed by atoms with Gasteiger partial charge in [-0.25, -0.2) is 4.79 Å². The molecule has 1 aromatic rings. The normalized spacial score (nSPS) is 12.1. The van der Waals surface area contributed by atoms with Crippen LogP contribution >= 0.6 is 23.1 Å². The number of hydrogen-bond donors (Lipinski definition) is 2. The predicted octanol–water partition coefficient (Wildman–Crippen LogP) is 2.98. The summed E-state index contributed by atoms with van der Waals surface area (Å²) in [6.45, 7) is 4.42. The first-order valence-electron chi connectivity index (χ1n) is 6.26. The maximum absolute atomic E-state index is 11.8. The molecule has 6 heteroatoms. The molecule has 1 atom stereocenters. The maximum atomic E-state index is 11.8. The summed E-state index contributed by atoms with van der Waals surface area (Å²) in [5.74, 6) is 0.0743. The maximum Gasteiger partial charge on any atom is 0.345 e. The SMILES string of the molecule is CCCCSC(C)C(=O)NCc1ccc(C(=O)O)s1. The monoisotopic (exact) mass is 301 g/mol. The Balaban J connectivity index is 2.34. The van der Waals surface area contributed by atoms with Crippen LogP contribution < -0.4 is 5.32 Å². The number of carboxylic acids is 1. The lowest BCUT2D eigenvalue weighted by Gasteiger charge is -2.10. The zero-order valence-corrected chi connectivity index (χ0v) is 12.8. The number of thiophene rings is 1. The topological polar surface area (TPSA) is 66.4 Å². The molecule has 2 N–H and O–H groups in total. The molecular weight excluding hydrogens is 282 g/mol. The van der Waals surface area contributed by atoms with Gasteiger partial charge in [0.05, 0.1) is 11.8 Å². The molecule has 106 valence electrons. The summed E-state index contributed by atoms with van der Waals surface area (Å²) < 4.78 is 0. The first kappa shape index (κ1) is 16.0. The Morgan fingerprint density at radius 3 is 2.79 bits per heavy atom. The fourth-order valence-electron chi connectivity index (χ4n) is 1.39. The highest BCUT2D eigenvalue weighted by Gasteiger charge is 2.13. The minimum absolute atomic E-state index is 0.00591. The number of unbranched alkanes of at least 4 members (excludes halogenated alkanes) is 1. The van der Waals surface area contributed by atoms with Gasteiger partial charge in [-0.1, -0.05) is 13.3 Å². The van der Waals surface area contributed by atoms with E-state index in [1.807, 2.05) is 6.92 Å². The van der Waals surface area contributed by atoms with E-state index < -0.39 is 5.97 Å². The van der Waals surface area contributed by atoms with Gasteiger partial charge in [0.25, 0.3) is 0 Å². The van der Waals surface area contributed by atoms with E-state index in [4.69, 9.17) is 5.11 Å². The van der Waals surface area contributed by atoms with Crippen LogP contribution in [0.5, 0.6) is 0 Å². The van der Waals surface area contributed by atoms with Gasteiger partial charge in [0, 0.05) is 4.88 Å². The van der Waals surface area contributed by atoms with Crippen molar-refractivity contribution >= 4 is 35.0 Å². The van der Waals surface area contributed by atoms with E-state index in [0.717, 1.165) is 23.5 Å². The molecule has 0 fully saturated rings. The van der Waals surface area contributed by atoms with E-state index in [2.05, 4.69) is 12.2 Å². The molecule has 1 aromatic heterocycles. The number of carbonyl (C=O) groups excluding carboxylic acids is 1. The Morgan fingerprint density at radius 1 is 1.47 bits per heavy atom. The van der Waals surface area contributed by atoms with E-state index in [1.54, 1.807) is 23.9 Å². The van der Waals surface area contributed by atoms with Crippen LogP contribution in [-0.4, -0.2) is 28.0 Å². The Hall–Kier alpha value is -1.01. The molecule has 0 saturated carbocycles. The molecule has 0 bridgehead atoms. The number of amides is 1. The molecule has 19 heavy (non-hydrogen) atoms. The van der Waals surface area contributed by atoms with Crippen LogP contribution in [0.4, 0.5) is 0 Å². The molecule has 4 nitrogen and oxygen atoms in total. The van der Waals surface area contributed by atoms with Crippen LogP contribution in [0, 0.1) is 0 Å². The third-order valence-electron chi connectivity index (χ3n) is 2.54. The fourth-order valence-corrected chi connectivity index (χ4v) is 3.22. The molecule has 1 unspecified atom stereocenters. The summed E-state index contributed by atoms with van der Waals surface area (Å²) in [7, 11) is 0. The Morgan fingerprint density at radius 2 is 2.21 bits per heavy atom. The highest BCUT2D eigenvalue weighted by atomic mass is 32.2. The average molecular weight is 301 g/mol. The van der Waals surface area contributed by atoms with Gasteiger partial charge in [0.15, 0.2) is 0 Å². The lowest BCUT2D eigenvalue weighted by atomic mass is 10.4. The number of aromatic carboxylic acids is 1. The molecule has 0 aromatic carbocycles. The van der Waals surface area contributed by atoms with Gasteiger partial charge in [0.2, 0.25) is 5.91 Å². The van der Waals surface area contributed by atoms with Crippen molar-refractivity contribution in [1.82, 2.24) is 5.32 Å². The van der Waals surface area contributed by atoms with E-state index in [9.17, 15) is 9.59 Å². The molecule has 1 amide bonds. The van der Waals surface area contributed by atoms with Crippen LogP contribution in [-0.2, 0) is 11.3 Å². The van der Waals surface area contributed by atoms with Gasteiger partial charge in [-0.2, -0.15) is 0 Å². The summed E-state index contributed by atoms with van der Waals surface area (Å²) in [4.78, 5) is 23.7. The lowest BCUT2D eigenvalue weighted by Crippen LogP contribution is -2.30. The fraction of sp³-hybridized carbons (Fsp3) is 0.538. The van der Waals surface area contributed by atoms with Crippen LogP contribution in [0.25, 0.3) is 0 Å². The zero-order chi connectivity index (χ0) is 14.3. The van der Waals surface area contributed by atoms with Crippen LogP contribution in [0.2, 0.25) is 0 Å². The van der Waals surface area contributed by atoms with Crippen LogP contribution in [0.15, 0.2) is 12.1 Å². The Labute approximate surface area is 121 Å². The van der Waals surface area contributed by atoms with Crippen molar-refractivity contribution in [3.05, 3.63) is 21.9 Å². The van der Waals surface area contributed by atoms with Crippen molar-refractivity contribution in [3.63, 3.8) is 0 Å². The molecule has 1 rings (SSSR count). The van der Waals surface area contributed by atoms with Gasteiger partial charge in [0.1, 0.15) is 4.88 Å². The third-order valence-corrected chi connectivity index (χ3v) is 4.86. The third kappa shape index (κ3) is 5.65. The summed E-state index contributed by atoms with van der Waals surface area (Å²) in [6, 6.07) is 3.30. The first-order chi connectivity index (χ1) is 9.04. The number of thioether (sulfide) groups is 1. The lowest BCUT2D eigenvalue weighted by molar-refractivity contribution is -0.120. The number of carboxylic acid groups (broad SMARTS) is 1. The minimum atomic E-state index is -0.925. The second-order valence-electron chi connectivity index (χ2n) is 4.16. The quantitative estimate of drug-likeness (QED) is 0.724. The highest BCUT2D eigenvalue weighted by Crippen LogP contribution is 2.17. The van der Waals surface area contributed by atoms with Gasteiger partial charge >= 0.3 is 5.97 Å². The van der Waals surface area contributed by atoms with Gasteiger partial charge in [-0.05, 0) is 31.2 Å². The molecule has 0 radical (unpaired) electrons. The van der Waals surface area contributed by atoms with Gasteiger partial charge in [-0.3, -0.25) is 4.79 Å². The van der Waals surface area contributed by atoms with E-state index in [1.165, 1.54) is 11.3 Å². The molecule has 1 heterocycles. The number of hydrogen-bond acceptors (Lipinski definition) is 4. The Kier molecular flexibility index (Phi) is 6.94. The molecule has 0 aliphatic heterocycles. The van der Waals surface area contributed by atoms with Gasteiger partial charge in [-0.15, -0.1) is 23.1 Å². The predicted molar refractivity (Wildman–Crippen MR) is 80.0 cm³/mol. The Bertz CT molecular complexity index is 431. The van der Waals surface area contributed by atoms with Crippen molar-refractivity contribution in [1.29, 1.82) is 0 Å². The van der Waals surface area contributed by atoms with E-state index in [0.29, 0.717) is 11.4 Å². The molecule has 0 aliphatic rings. The number of nitrogens with one attached hydrogen (secondary N) is 1. The largest absolute Gasteiger partial charge is 0.477 e. The highest BCUT2D eigenvalue weighted by molar-refractivity contribution is 8.00.